The van der Waals surface area contributed by atoms with Crippen molar-refractivity contribution < 1.29 is 9.47 Å². The van der Waals surface area contributed by atoms with Gasteiger partial charge in [-0.1, -0.05) is 12.6 Å². The topological polar surface area (TPSA) is 18.5 Å². The lowest BCUT2D eigenvalue weighted by atomic mass is 10.3. The molecule has 0 aromatic heterocycles. The minimum Gasteiger partial charge on any atom is -0.497 e. The predicted octanol–water partition coefficient (Wildman–Crippen LogP) is 2.29. The first-order valence-electron chi connectivity index (χ1n) is 3.27. The van der Waals surface area contributed by atoms with Crippen LogP contribution in [0.25, 0.3) is 0 Å². The molecule has 64 valence electrons. The summed E-state index contributed by atoms with van der Waals surface area (Å²) in [4.78, 5) is 0. The molecule has 0 radical (unpaired) electrons. The van der Waals surface area contributed by atoms with Gasteiger partial charge in [0.2, 0.25) is 4.38 Å². The van der Waals surface area contributed by atoms with Crippen molar-refractivity contribution in [3.63, 3.8) is 0 Å². The second-order valence-electron chi connectivity index (χ2n) is 2.04. The molecule has 2 nitrogen and oxygen atoms in total. The molecule has 0 N–H and O–H groups in total. The zero-order chi connectivity index (χ0) is 8.97. The Bertz CT molecular complexity index is 269. The standard InChI is InChI=1S/C8H8O2S2/c1-9-6-2-4-7(5-3-6)10-8(11)12/h2-5H,1H3,(H,11,12). The molecule has 0 heterocycles. The highest BCUT2D eigenvalue weighted by Crippen LogP contribution is 2.17. The lowest BCUT2D eigenvalue weighted by molar-refractivity contribution is 0.414. The number of methoxy groups -OCH3 is 1. The van der Waals surface area contributed by atoms with Crippen LogP contribution in [-0.4, -0.2) is 11.5 Å². The molecule has 0 aliphatic carbocycles. The van der Waals surface area contributed by atoms with E-state index >= 15 is 0 Å². The maximum atomic E-state index is 5.05. The first-order valence-corrected chi connectivity index (χ1v) is 4.13. The minimum atomic E-state index is 0.208. The Morgan fingerprint density at radius 3 is 2.17 bits per heavy atom. The summed E-state index contributed by atoms with van der Waals surface area (Å²) < 4.78 is 10.2. The van der Waals surface area contributed by atoms with E-state index in [2.05, 4.69) is 24.8 Å². The molecule has 0 bridgehead atoms. The number of thiocarbonyl (C=S) groups is 1. The lowest BCUT2D eigenvalue weighted by Gasteiger charge is -2.02. The van der Waals surface area contributed by atoms with Crippen LogP contribution in [0, 0.1) is 0 Å². The van der Waals surface area contributed by atoms with Crippen molar-refractivity contribution in [3.05, 3.63) is 24.3 Å². The zero-order valence-electron chi connectivity index (χ0n) is 6.48. The van der Waals surface area contributed by atoms with E-state index in [0.29, 0.717) is 5.75 Å². The second-order valence-corrected chi connectivity index (χ2v) is 3.12. The summed E-state index contributed by atoms with van der Waals surface area (Å²) in [5, 5.41) is 0. The van der Waals surface area contributed by atoms with Gasteiger partial charge < -0.3 is 9.47 Å². The van der Waals surface area contributed by atoms with Gasteiger partial charge in [0.05, 0.1) is 7.11 Å². The average Bonchev–Trinajstić information content (AvgIpc) is 2.05. The molecule has 0 fully saturated rings. The van der Waals surface area contributed by atoms with E-state index in [9.17, 15) is 0 Å². The molecule has 0 amide bonds. The number of hydrogen-bond donors (Lipinski definition) is 1. The molecule has 12 heavy (non-hydrogen) atoms. The van der Waals surface area contributed by atoms with E-state index in [4.69, 9.17) is 9.47 Å². The third-order valence-corrected chi connectivity index (χ3v) is 1.44. The highest BCUT2D eigenvalue weighted by atomic mass is 32.1. The number of benzene rings is 1. The third kappa shape index (κ3) is 2.71. The van der Waals surface area contributed by atoms with E-state index in [1.165, 1.54) is 0 Å². The Balaban J connectivity index is 2.71. The molecule has 0 atom stereocenters. The van der Waals surface area contributed by atoms with Gasteiger partial charge in [0.15, 0.2) is 0 Å². The highest BCUT2D eigenvalue weighted by Gasteiger charge is 1.95. The summed E-state index contributed by atoms with van der Waals surface area (Å²) in [5.74, 6) is 1.45. The van der Waals surface area contributed by atoms with Crippen LogP contribution in [-0.2, 0) is 0 Å². The molecule has 0 aliphatic heterocycles. The van der Waals surface area contributed by atoms with Crippen LogP contribution >= 0.6 is 24.8 Å². The first kappa shape index (κ1) is 9.35. The van der Waals surface area contributed by atoms with Gasteiger partial charge in [-0.2, -0.15) is 0 Å². The van der Waals surface area contributed by atoms with Gasteiger partial charge in [-0.3, -0.25) is 0 Å². The molecule has 0 saturated carbocycles. The van der Waals surface area contributed by atoms with Crippen LogP contribution in [0.5, 0.6) is 11.5 Å². The van der Waals surface area contributed by atoms with E-state index < -0.39 is 0 Å². The van der Waals surface area contributed by atoms with Crippen LogP contribution in [0.1, 0.15) is 0 Å². The SMILES string of the molecule is COc1ccc(OC(=S)S)cc1. The fourth-order valence-electron chi connectivity index (χ4n) is 0.745. The summed E-state index contributed by atoms with van der Waals surface area (Å²) in [7, 11) is 1.61. The number of rotatable bonds is 2. The molecule has 0 aliphatic rings. The van der Waals surface area contributed by atoms with Gasteiger partial charge in [0.25, 0.3) is 0 Å². The van der Waals surface area contributed by atoms with Gasteiger partial charge in [-0.25, -0.2) is 0 Å². The van der Waals surface area contributed by atoms with Gasteiger partial charge in [0.1, 0.15) is 11.5 Å². The molecule has 1 aromatic rings. The number of hydrogen-bond acceptors (Lipinski definition) is 3. The Kier molecular flexibility index (Phi) is 3.37. The van der Waals surface area contributed by atoms with Crippen LogP contribution in [0.4, 0.5) is 0 Å². The largest absolute Gasteiger partial charge is 0.497 e. The lowest BCUT2D eigenvalue weighted by Crippen LogP contribution is -1.95. The van der Waals surface area contributed by atoms with Gasteiger partial charge in [-0.15, -0.1) is 0 Å². The van der Waals surface area contributed by atoms with E-state index in [1.807, 2.05) is 0 Å². The minimum absolute atomic E-state index is 0.208. The summed E-state index contributed by atoms with van der Waals surface area (Å²) in [6.45, 7) is 0. The quantitative estimate of drug-likeness (QED) is 0.583. The van der Waals surface area contributed by atoms with E-state index in [1.54, 1.807) is 31.4 Å². The molecular formula is C8H8O2S2. The maximum Gasteiger partial charge on any atom is 0.222 e. The third-order valence-electron chi connectivity index (χ3n) is 1.26. The second kappa shape index (κ2) is 4.33. The summed E-state index contributed by atoms with van der Waals surface area (Å²) in [6, 6.07) is 7.12. The van der Waals surface area contributed by atoms with Crippen molar-refractivity contribution in [2.24, 2.45) is 0 Å². The van der Waals surface area contributed by atoms with Crippen LogP contribution in [0.15, 0.2) is 24.3 Å². The number of thiol groups is 1. The van der Waals surface area contributed by atoms with Crippen molar-refractivity contribution in [1.82, 2.24) is 0 Å². The average molecular weight is 200 g/mol. The van der Waals surface area contributed by atoms with Gasteiger partial charge in [-0.05, 0) is 36.5 Å². The maximum absolute atomic E-state index is 5.05. The molecule has 1 aromatic carbocycles. The van der Waals surface area contributed by atoms with Crippen molar-refractivity contribution in [2.75, 3.05) is 7.11 Å². The summed E-state index contributed by atoms with van der Waals surface area (Å²) >= 11 is 8.49. The van der Waals surface area contributed by atoms with Crippen molar-refractivity contribution >= 4 is 29.2 Å². The Morgan fingerprint density at radius 2 is 1.75 bits per heavy atom. The van der Waals surface area contributed by atoms with Gasteiger partial charge >= 0.3 is 0 Å². The van der Waals surface area contributed by atoms with Crippen LogP contribution in [0.2, 0.25) is 0 Å². The molecule has 0 unspecified atom stereocenters. The summed E-state index contributed by atoms with van der Waals surface area (Å²) in [5.41, 5.74) is 0. The highest BCUT2D eigenvalue weighted by molar-refractivity contribution is 8.10. The zero-order valence-corrected chi connectivity index (χ0v) is 8.19. The Labute approximate surface area is 81.9 Å². The predicted molar refractivity (Wildman–Crippen MR) is 55.2 cm³/mol. The first-order chi connectivity index (χ1) is 5.72. The molecule has 1 rings (SSSR count). The fourth-order valence-corrected chi connectivity index (χ4v) is 0.946. The Hall–Kier alpha value is -0.740. The van der Waals surface area contributed by atoms with Gasteiger partial charge in [0, 0.05) is 0 Å². The van der Waals surface area contributed by atoms with E-state index in [-0.39, 0.29) is 4.38 Å². The number of ether oxygens (including phenoxy) is 2. The van der Waals surface area contributed by atoms with E-state index in [0.717, 1.165) is 5.75 Å². The van der Waals surface area contributed by atoms with Crippen LogP contribution in [0.3, 0.4) is 0 Å². The van der Waals surface area contributed by atoms with Crippen molar-refractivity contribution in [1.29, 1.82) is 0 Å². The van der Waals surface area contributed by atoms with Crippen LogP contribution < -0.4 is 9.47 Å². The molecule has 0 spiro atoms. The molecular weight excluding hydrogens is 192 g/mol. The smallest absolute Gasteiger partial charge is 0.222 e. The fraction of sp³-hybridized carbons (Fsp3) is 0.125. The summed E-state index contributed by atoms with van der Waals surface area (Å²) in [6.07, 6.45) is 0. The molecule has 0 saturated heterocycles. The van der Waals surface area contributed by atoms with Crippen molar-refractivity contribution in [3.8, 4) is 11.5 Å². The molecule has 4 heteroatoms. The monoisotopic (exact) mass is 200 g/mol. The Morgan fingerprint density at radius 1 is 1.25 bits per heavy atom. The normalized spacial score (nSPS) is 9.17. The van der Waals surface area contributed by atoms with Crippen molar-refractivity contribution in [2.45, 2.75) is 0 Å².